The van der Waals surface area contributed by atoms with E-state index < -0.39 is 0 Å². The van der Waals surface area contributed by atoms with Gasteiger partial charge in [0.15, 0.2) is 0 Å². The highest BCUT2D eigenvalue weighted by Crippen LogP contribution is 2.15. The van der Waals surface area contributed by atoms with Crippen molar-refractivity contribution in [3.63, 3.8) is 0 Å². The Labute approximate surface area is 86.2 Å². The van der Waals surface area contributed by atoms with Crippen LogP contribution in [0.4, 0.5) is 11.4 Å². The molecule has 0 amide bonds. The van der Waals surface area contributed by atoms with Crippen LogP contribution >= 0.6 is 0 Å². The van der Waals surface area contributed by atoms with E-state index in [9.17, 15) is 0 Å². The van der Waals surface area contributed by atoms with Crippen LogP contribution in [0.5, 0.6) is 0 Å². The van der Waals surface area contributed by atoms with Gasteiger partial charge in [0.25, 0.3) is 0 Å². The third-order valence-electron chi connectivity index (χ3n) is 2.22. The minimum Gasteiger partial charge on any atom is -0.384 e. The molecular weight excluding hydrogens is 174 g/mol. The fourth-order valence-electron chi connectivity index (χ4n) is 1.19. The lowest BCUT2D eigenvalue weighted by Crippen LogP contribution is -2.16. The molecule has 0 aromatic carbocycles. The molecule has 1 aromatic heterocycles. The minimum atomic E-state index is 0.999. The van der Waals surface area contributed by atoms with Crippen LogP contribution in [0.25, 0.3) is 0 Å². The van der Waals surface area contributed by atoms with Crippen LogP contribution in [0, 0.1) is 0 Å². The lowest BCUT2D eigenvalue weighted by atomic mass is 10.3. The largest absolute Gasteiger partial charge is 0.384 e. The van der Waals surface area contributed by atoms with Crippen molar-refractivity contribution in [2.24, 2.45) is 0 Å². The average Bonchev–Trinajstić information content (AvgIpc) is 2.25. The van der Waals surface area contributed by atoms with Crippen molar-refractivity contribution >= 4 is 11.4 Å². The van der Waals surface area contributed by atoms with Crippen molar-refractivity contribution in [2.75, 3.05) is 30.4 Å². The second kappa shape index (κ2) is 5.47. The molecule has 0 saturated carbocycles. The Morgan fingerprint density at radius 1 is 1.36 bits per heavy atom. The molecular formula is C11H19N3. The van der Waals surface area contributed by atoms with Gasteiger partial charge in [0, 0.05) is 20.1 Å². The van der Waals surface area contributed by atoms with E-state index in [0.29, 0.717) is 0 Å². The van der Waals surface area contributed by atoms with Crippen LogP contribution in [0.15, 0.2) is 18.5 Å². The number of nitrogens with one attached hydrogen (secondary N) is 1. The smallest absolute Gasteiger partial charge is 0.0570 e. The quantitative estimate of drug-likeness (QED) is 0.778. The molecule has 0 atom stereocenters. The maximum atomic E-state index is 4.20. The number of nitrogens with zero attached hydrogens (tertiary/aromatic N) is 2. The zero-order chi connectivity index (χ0) is 10.4. The molecule has 3 nitrogen and oxygen atoms in total. The monoisotopic (exact) mass is 193 g/mol. The van der Waals surface area contributed by atoms with Gasteiger partial charge in [-0.05, 0) is 19.4 Å². The van der Waals surface area contributed by atoms with Gasteiger partial charge in [0.2, 0.25) is 0 Å². The molecule has 1 heterocycles. The molecule has 0 bridgehead atoms. The Hall–Kier alpha value is -1.25. The summed E-state index contributed by atoms with van der Waals surface area (Å²) >= 11 is 0. The fourth-order valence-corrected chi connectivity index (χ4v) is 1.19. The minimum absolute atomic E-state index is 0.999. The summed E-state index contributed by atoms with van der Waals surface area (Å²) in [5, 5.41) is 3.32. The van der Waals surface area contributed by atoms with Crippen molar-refractivity contribution in [1.29, 1.82) is 0 Å². The van der Waals surface area contributed by atoms with E-state index in [1.54, 1.807) is 0 Å². The molecule has 14 heavy (non-hydrogen) atoms. The molecule has 0 aliphatic heterocycles. The summed E-state index contributed by atoms with van der Waals surface area (Å²) in [5.41, 5.74) is 2.26. The van der Waals surface area contributed by atoms with Crippen molar-refractivity contribution < 1.29 is 0 Å². The summed E-state index contributed by atoms with van der Waals surface area (Å²) in [6, 6.07) is 2.13. The lowest BCUT2D eigenvalue weighted by Gasteiger charge is -2.17. The first kappa shape index (κ1) is 10.8. The highest BCUT2D eigenvalue weighted by molar-refractivity contribution is 5.55. The van der Waals surface area contributed by atoms with E-state index in [1.165, 1.54) is 0 Å². The van der Waals surface area contributed by atoms with Gasteiger partial charge in [-0.3, -0.25) is 4.98 Å². The van der Waals surface area contributed by atoms with E-state index in [1.807, 2.05) is 12.4 Å². The number of aromatic nitrogens is 1. The number of hydrogen-bond donors (Lipinski definition) is 1. The summed E-state index contributed by atoms with van der Waals surface area (Å²) in [7, 11) is 2.07. The van der Waals surface area contributed by atoms with Gasteiger partial charge >= 0.3 is 0 Å². The molecule has 1 aromatic rings. The Bertz CT molecular complexity index is 273. The third kappa shape index (κ3) is 2.91. The molecule has 0 saturated heterocycles. The lowest BCUT2D eigenvalue weighted by molar-refractivity contribution is 0.954. The van der Waals surface area contributed by atoms with Crippen LogP contribution in [0.2, 0.25) is 0 Å². The first-order chi connectivity index (χ1) is 6.77. The van der Waals surface area contributed by atoms with Crippen molar-refractivity contribution in [3.8, 4) is 0 Å². The molecule has 1 N–H and O–H groups in total. The number of hydrogen-bond acceptors (Lipinski definition) is 3. The molecule has 0 aliphatic rings. The third-order valence-corrected chi connectivity index (χ3v) is 2.22. The fraction of sp³-hybridized carbons (Fsp3) is 0.545. The highest BCUT2D eigenvalue weighted by atomic mass is 15.1. The van der Waals surface area contributed by atoms with Gasteiger partial charge in [-0.1, -0.05) is 6.92 Å². The number of rotatable bonds is 5. The van der Waals surface area contributed by atoms with E-state index in [-0.39, 0.29) is 0 Å². The zero-order valence-electron chi connectivity index (χ0n) is 9.25. The van der Waals surface area contributed by atoms with Gasteiger partial charge < -0.3 is 10.2 Å². The molecule has 1 rings (SSSR count). The first-order valence-electron chi connectivity index (χ1n) is 5.18. The normalized spacial score (nSPS) is 9.93. The summed E-state index contributed by atoms with van der Waals surface area (Å²) in [4.78, 5) is 6.37. The molecule has 0 radical (unpaired) electrons. The topological polar surface area (TPSA) is 28.2 Å². The number of anilines is 2. The van der Waals surface area contributed by atoms with Crippen molar-refractivity contribution in [1.82, 2.24) is 4.98 Å². The molecule has 0 spiro atoms. The van der Waals surface area contributed by atoms with Crippen LogP contribution in [0.1, 0.15) is 20.3 Å². The van der Waals surface area contributed by atoms with Crippen LogP contribution in [-0.4, -0.2) is 25.1 Å². The highest BCUT2D eigenvalue weighted by Gasteiger charge is 1.99. The first-order valence-corrected chi connectivity index (χ1v) is 5.18. The summed E-state index contributed by atoms with van der Waals surface area (Å²) < 4.78 is 0. The maximum absolute atomic E-state index is 4.20. The van der Waals surface area contributed by atoms with Crippen LogP contribution in [-0.2, 0) is 0 Å². The van der Waals surface area contributed by atoms with Gasteiger partial charge in [0.05, 0.1) is 23.8 Å². The Morgan fingerprint density at radius 2 is 2.14 bits per heavy atom. The van der Waals surface area contributed by atoms with E-state index in [2.05, 4.69) is 42.2 Å². The van der Waals surface area contributed by atoms with Gasteiger partial charge in [-0.25, -0.2) is 0 Å². The van der Waals surface area contributed by atoms with Gasteiger partial charge in [0.1, 0.15) is 0 Å². The molecule has 78 valence electrons. The SMILES string of the molecule is CCCNc1cncc(N(C)CC)c1. The van der Waals surface area contributed by atoms with E-state index in [0.717, 1.165) is 30.9 Å². The Kier molecular flexibility index (Phi) is 4.23. The second-order valence-corrected chi connectivity index (χ2v) is 3.37. The molecule has 3 heteroatoms. The number of pyridine rings is 1. The second-order valence-electron chi connectivity index (χ2n) is 3.37. The van der Waals surface area contributed by atoms with Crippen LogP contribution in [0.3, 0.4) is 0 Å². The van der Waals surface area contributed by atoms with Crippen LogP contribution < -0.4 is 10.2 Å². The Balaban J connectivity index is 2.68. The molecule has 0 unspecified atom stereocenters. The van der Waals surface area contributed by atoms with Gasteiger partial charge in [-0.2, -0.15) is 0 Å². The molecule has 0 aliphatic carbocycles. The summed E-state index contributed by atoms with van der Waals surface area (Å²) in [6.45, 7) is 6.29. The zero-order valence-corrected chi connectivity index (χ0v) is 9.25. The molecule has 0 fully saturated rings. The summed E-state index contributed by atoms with van der Waals surface area (Å²) in [6.07, 6.45) is 4.89. The average molecular weight is 193 g/mol. The standard InChI is InChI=1S/C11H19N3/c1-4-6-13-10-7-11(9-12-8-10)14(3)5-2/h7-9,13H,4-6H2,1-3H3. The van der Waals surface area contributed by atoms with Crippen molar-refractivity contribution in [3.05, 3.63) is 18.5 Å². The predicted octanol–water partition coefficient (Wildman–Crippen LogP) is 2.36. The van der Waals surface area contributed by atoms with E-state index in [4.69, 9.17) is 0 Å². The Morgan fingerprint density at radius 3 is 2.79 bits per heavy atom. The van der Waals surface area contributed by atoms with Gasteiger partial charge in [-0.15, -0.1) is 0 Å². The van der Waals surface area contributed by atoms with Crippen molar-refractivity contribution in [2.45, 2.75) is 20.3 Å². The van der Waals surface area contributed by atoms with E-state index >= 15 is 0 Å². The summed E-state index contributed by atoms with van der Waals surface area (Å²) in [5.74, 6) is 0. The predicted molar refractivity (Wildman–Crippen MR) is 62.0 cm³/mol. The maximum Gasteiger partial charge on any atom is 0.0570 e.